The van der Waals surface area contributed by atoms with Crippen LogP contribution in [0.25, 0.3) is 0 Å². The number of rotatable bonds is 4. The van der Waals surface area contributed by atoms with E-state index >= 15 is 0 Å². The molecule has 1 N–H and O–H groups in total. The number of ketones is 1. The average Bonchev–Trinajstić information content (AvgIpc) is 2.65. The molecule has 0 bridgehead atoms. The highest BCUT2D eigenvalue weighted by molar-refractivity contribution is 7.09. The molecule has 0 saturated carbocycles. The van der Waals surface area contributed by atoms with E-state index in [4.69, 9.17) is 4.74 Å². The molecule has 0 aliphatic carbocycles. The third-order valence-corrected chi connectivity index (χ3v) is 3.34. The molecule has 16 heavy (non-hydrogen) atoms. The normalized spacial score (nSPS) is 20.9. The van der Waals surface area contributed by atoms with E-state index in [-0.39, 0.29) is 11.8 Å². The van der Waals surface area contributed by atoms with Crippen LogP contribution in [0.5, 0.6) is 0 Å². The van der Waals surface area contributed by atoms with Gasteiger partial charge in [0.2, 0.25) is 0 Å². The van der Waals surface area contributed by atoms with Crippen LogP contribution in [0, 0.1) is 6.92 Å². The van der Waals surface area contributed by atoms with E-state index in [2.05, 4.69) is 10.3 Å². The van der Waals surface area contributed by atoms with Gasteiger partial charge in [0.1, 0.15) is 5.78 Å². The van der Waals surface area contributed by atoms with Crippen molar-refractivity contribution in [1.29, 1.82) is 0 Å². The Morgan fingerprint density at radius 2 is 2.62 bits per heavy atom. The van der Waals surface area contributed by atoms with Crippen molar-refractivity contribution < 1.29 is 9.53 Å². The fraction of sp³-hybridized carbons (Fsp3) is 0.636. The van der Waals surface area contributed by atoms with Crippen LogP contribution in [0.15, 0.2) is 5.38 Å². The SMILES string of the molecule is Cc1nc(CC(=O)CC2COCCN2)cs1. The first-order valence-electron chi connectivity index (χ1n) is 5.48. The molecule has 1 unspecified atom stereocenters. The molecule has 0 amide bonds. The van der Waals surface area contributed by atoms with Gasteiger partial charge in [-0.3, -0.25) is 4.79 Å². The van der Waals surface area contributed by atoms with Crippen molar-refractivity contribution >= 4 is 17.1 Å². The molecule has 1 aliphatic heterocycles. The van der Waals surface area contributed by atoms with E-state index < -0.39 is 0 Å². The Morgan fingerprint density at radius 3 is 3.25 bits per heavy atom. The summed E-state index contributed by atoms with van der Waals surface area (Å²) in [5, 5.41) is 6.25. The molecule has 4 nitrogen and oxygen atoms in total. The average molecular weight is 240 g/mol. The van der Waals surface area contributed by atoms with Crippen molar-refractivity contribution in [1.82, 2.24) is 10.3 Å². The van der Waals surface area contributed by atoms with Crippen LogP contribution in [0.4, 0.5) is 0 Å². The van der Waals surface area contributed by atoms with Gasteiger partial charge >= 0.3 is 0 Å². The number of carbonyl (C=O) groups is 1. The molecule has 0 aromatic carbocycles. The molecule has 88 valence electrons. The summed E-state index contributed by atoms with van der Waals surface area (Å²) in [6.45, 7) is 4.18. The van der Waals surface area contributed by atoms with E-state index in [0.29, 0.717) is 19.4 Å². The number of aromatic nitrogens is 1. The van der Waals surface area contributed by atoms with Crippen LogP contribution >= 0.6 is 11.3 Å². The summed E-state index contributed by atoms with van der Waals surface area (Å²) in [4.78, 5) is 16.0. The predicted octanol–water partition coefficient (Wildman–Crippen LogP) is 0.942. The minimum Gasteiger partial charge on any atom is -0.379 e. The Labute approximate surface area is 99.0 Å². The van der Waals surface area contributed by atoms with Gasteiger partial charge in [-0.05, 0) is 6.92 Å². The van der Waals surface area contributed by atoms with Crippen LogP contribution < -0.4 is 5.32 Å². The second-order valence-electron chi connectivity index (χ2n) is 4.00. The lowest BCUT2D eigenvalue weighted by molar-refractivity contribution is -0.119. The molecule has 1 fully saturated rings. The van der Waals surface area contributed by atoms with Crippen LogP contribution in [0.1, 0.15) is 17.1 Å². The lowest BCUT2D eigenvalue weighted by atomic mass is 10.1. The number of nitrogens with zero attached hydrogens (tertiary/aromatic N) is 1. The highest BCUT2D eigenvalue weighted by atomic mass is 32.1. The summed E-state index contributed by atoms with van der Waals surface area (Å²) in [5.41, 5.74) is 0.893. The summed E-state index contributed by atoms with van der Waals surface area (Å²) in [7, 11) is 0. The first kappa shape index (κ1) is 11.7. The van der Waals surface area contributed by atoms with Crippen LogP contribution in [0.3, 0.4) is 0 Å². The van der Waals surface area contributed by atoms with Crippen LogP contribution in [-0.4, -0.2) is 36.6 Å². The molecule has 1 saturated heterocycles. The maximum Gasteiger partial charge on any atom is 0.140 e. The summed E-state index contributed by atoms with van der Waals surface area (Å²) in [6.07, 6.45) is 0.985. The highest BCUT2D eigenvalue weighted by Gasteiger charge is 2.17. The molecular formula is C11H16N2O2S. The quantitative estimate of drug-likeness (QED) is 0.851. The van der Waals surface area contributed by atoms with Gasteiger partial charge in [0.15, 0.2) is 0 Å². The third-order valence-electron chi connectivity index (χ3n) is 2.52. The molecule has 1 aliphatic rings. The molecule has 1 aromatic rings. The van der Waals surface area contributed by atoms with Crippen molar-refractivity contribution in [3.63, 3.8) is 0 Å². The van der Waals surface area contributed by atoms with E-state index in [1.54, 1.807) is 11.3 Å². The minimum atomic E-state index is 0.181. The number of thiazole rings is 1. The molecular weight excluding hydrogens is 224 g/mol. The first-order chi connectivity index (χ1) is 7.74. The molecule has 2 heterocycles. The Kier molecular flexibility index (Phi) is 4.04. The van der Waals surface area contributed by atoms with E-state index in [0.717, 1.165) is 23.9 Å². The van der Waals surface area contributed by atoms with Gasteiger partial charge < -0.3 is 10.1 Å². The second-order valence-corrected chi connectivity index (χ2v) is 5.07. The van der Waals surface area contributed by atoms with Crippen molar-refractivity contribution in [3.8, 4) is 0 Å². The predicted molar refractivity (Wildman–Crippen MR) is 62.8 cm³/mol. The fourth-order valence-corrected chi connectivity index (χ4v) is 2.40. The van der Waals surface area contributed by atoms with Crippen LogP contribution in [-0.2, 0) is 16.0 Å². The molecule has 1 aromatic heterocycles. The number of nitrogens with one attached hydrogen (secondary N) is 1. The molecule has 0 radical (unpaired) electrons. The van der Waals surface area contributed by atoms with E-state index in [1.165, 1.54) is 0 Å². The second kappa shape index (κ2) is 5.52. The van der Waals surface area contributed by atoms with Crippen molar-refractivity contribution in [3.05, 3.63) is 16.1 Å². The zero-order valence-corrected chi connectivity index (χ0v) is 10.2. The smallest absolute Gasteiger partial charge is 0.140 e. The van der Waals surface area contributed by atoms with Gasteiger partial charge in [0, 0.05) is 30.8 Å². The zero-order chi connectivity index (χ0) is 11.4. The number of hydrogen-bond donors (Lipinski definition) is 1. The summed E-state index contributed by atoms with van der Waals surface area (Å²) in [5.74, 6) is 0.230. The summed E-state index contributed by atoms with van der Waals surface area (Å²) < 4.78 is 5.31. The maximum absolute atomic E-state index is 11.8. The molecule has 0 spiro atoms. The molecule has 5 heteroatoms. The fourth-order valence-electron chi connectivity index (χ4n) is 1.79. The van der Waals surface area contributed by atoms with Gasteiger partial charge in [-0.25, -0.2) is 4.98 Å². The summed E-state index contributed by atoms with van der Waals surface area (Å²) >= 11 is 1.59. The van der Waals surface area contributed by atoms with Crippen molar-refractivity contribution in [2.45, 2.75) is 25.8 Å². The Bertz CT molecular complexity index is 359. The Hall–Kier alpha value is -0.780. The highest BCUT2D eigenvalue weighted by Crippen LogP contribution is 2.10. The number of morpholine rings is 1. The third kappa shape index (κ3) is 3.37. The number of Topliss-reactive ketones (excluding diaryl/α,β-unsaturated/α-hetero) is 1. The lowest BCUT2D eigenvalue weighted by Crippen LogP contribution is -2.42. The zero-order valence-electron chi connectivity index (χ0n) is 9.36. The topological polar surface area (TPSA) is 51.2 Å². The Morgan fingerprint density at radius 1 is 1.75 bits per heavy atom. The number of carbonyl (C=O) groups excluding carboxylic acids is 1. The van der Waals surface area contributed by atoms with Gasteiger partial charge in [0.05, 0.1) is 23.9 Å². The number of hydrogen-bond acceptors (Lipinski definition) is 5. The van der Waals surface area contributed by atoms with E-state index in [9.17, 15) is 4.79 Å². The Balaban J connectivity index is 1.79. The van der Waals surface area contributed by atoms with Gasteiger partial charge in [-0.15, -0.1) is 11.3 Å². The standard InChI is InChI=1S/C11H16N2O2S/c1-8-13-10(7-16-8)5-11(14)4-9-6-15-3-2-12-9/h7,9,12H,2-6H2,1H3. The lowest BCUT2D eigenvalue weighted by Gasteiger charge is -2.22. The maximum atomic E-state index is 11.8. The van der Waals surface area contributed by atoms with Crippen molar-refractivity contribution in [2.75, 3.05) is 19.8 Å². The van der Waals surface area contributed by atoms with Gasteiger partial charge in [-0.2, -0.15) is 0 Å². The van der Waals surface area contributed by atoms with Gasteiger partial charge in [-0.1, -0.05) is 0 Å². The number of aryl methyl sites for hydroxylation is 1. The van der Waals surface area contributed by atoms with Crippen LogP contribution in [0.2, 0.25) is 0 Å². The van der Waals surface area contributed by atoms with E-state index in [1.807, 2.05) is 12.3 Å². The van der Waals surface area contributed by atoms with Gasteiger partial charge in [0.25, 0.3) is 0 Å². The van der Waals surface area contributed by atoms with Crippen molar-refractivity contribution in [2.24, 2.45) is 0 Å². The number of ether oxygens (including phenoxy) is 1. The monoisotopic (exact) mass is 240 g/mol. The first-order valence-corrected chi connectivity index (χ1v) is 6.36. The largest absolute Gasteiger partial charge is 0.379 e. The minimum absolute atomic E-state index is 0.181. The summed E-state index contributed by atoms with van der Waals surface area (Å²) in [6, 6.07) is 0.181. The molecule has 1 atom stereocenters. The molecule has 2 rings (SSSR count).